The van der Waals surface area contributed by atoms with Crippen LogP contribution in [-0.2, 0) is 5.60 Å². The second kappa shape index (κ2) is 3.59. The van der Waals surface area contributed by atoms with Gasteiger partial charge in [-0.3, -0.25) is 4.90 Å². The fourth-order valence-corrected chi connectivity index (χ4v) is 2.99. The summed E-state index contributed by atoms with van der Waals surface area (Å²) >= 11 is 0. The molecule has 1 unspecified atom stereocenters. The Balaban J connectivity index is 1.68. The van der Waals surface area contributed by atoms with Crippen LogP contribution in [-0.4, -0.2) is 29.1 Å². The van der Waals surface area contributed by atoms with E-state index in [1.165, 1.54) is 12.8 Å². The van der Waals surface area contributed by atoms with E-state index in [1.54, 1.807) is 0 Å². The van der Waals surface area contributed by atoms with E-state index in [1.807, 2.05) is 30.3 Å². The summed E-state index contributed by atoms with van der Waals surface area (Å²) in [6, 6.07) is 10.6. The summed E-state index contributed by atoms with van der Waals surface area (Å²) in [6.07, 6.45) is 3.36. The molecule has 3 nitrogen and oxygen atoms in total. The molecule has 2 aliphatic rings. The van der Waals surface area contributed by atoms with E-state index in [9.17, 15) is 5.11 Å². The van der Waals surface area contributed by atoms with Crippen LogP contribution >= 0.6 is 0 Å². The van der Waals surface area contributed by atoms with Crippen molar-refractivity contribution in [2.75, 3.05) is 13.1 Å². The van der Waals surface area contributed by atoms with Crippen LogP contribution < -0.4 is 0 Å². The number of benzene rings is 1. The van der Waals surface area contributed by atoms with Crippen molar-refractivity contribution in [1.82, 2.24) is 4.90 Å². The second-order valence-electron chi connectivity index (χ2n) is 5.63. The van der Waals surface area contributed by atoms with Crippen LogP contribution in [0.15, 0.2) is 34.7 Å². The Morgan fingerprint density at radius 3 is 2.89 bits per heavy atom. The molecule has 94 valence electrons. The Morgan fingerprint density at radius 1 is 1.28 bits per heavy atom. The fraction of sp³-hybridized carbons (Fsp3) is 0.467. The van der Waals surface area contributed by atoms with E-state index in [0.717, 1.165) is 36.2 Å². The number of fused-ring (bicyclic) bond motifs is 1. The molecule has 0 spiro atoms. The van der Waals surface area contributed by atoms with Crippen LogP contribution in [0.25, 0.3) is 11.0 Å². The molecule has 0 bridgehead atoms. The van der Waals surface area contributed by atoms with Gasteiger partial charge in [0.25, 0.3) is 0 Å². The van der Waals surface area contributed by atoms with Gasteiger partial charge in [0.2, 0.25) is 0 Å². The molecule has 4 rings (SSSR count). The van der Waals surface area contributed by atoms with Gasteiger partial charge in [-0.2, -0.15) is 0 Å². The number of para-hydroxylation sites is 1. The first kappa shape index (κ1) is 10.6. The van der Waals surface area contributed by atoms with Crippen LogP contribution in [0.1, 0.15) is 25.0 Å². The molecular formula is C15H17NO2. The lowest BCUT2D eigenvalue weighted by Gasteiger charge is -2.20. The van der Waals surface area contributed by atoms with Gasteiger partial charge in [0, 0.05) is 24.5 Å². The molecule has 2 fully saturated rings. The van der Waals surface area contributed by atoms with E-state index in [0.29, 0.717) is 6.04 Å². The van der Waals surface area contributed by atoms with Gasteiger partial charge in [0.15, 0.2) is 0 Å². The van der Waals surface area contributed by atoms with Crippen molar-refractivity contribution in [2.45, 2.75) is 30.9 Å². The summed E-state index contributed by atoms with van der Waals surface area (Å²) in [5.41, 5.74) is 0.0764. The van der Waals surface area contributed by atoms with E-state index in [-0.39, 0.29) is 0 Å². The minimum Gasteiger partial charge on any atom is -0.458 e. The number of likely N-dealkylation sites (tertiary alicyclic amines) is 1. The van der Waals surface area contributed by atoms with Gasteiger partial charge >= 0.3 is 0 Å². The zero-order valence-corrected chi connectivity index (χ0v) is 10.3. The molecule has 1 saturated carbocycles. The molecule has 1 N–H and O–H groups in total. The number of furan rings is 1. The predicted octanol–water partition coefficient (Wildman–Crippen LogP) is 2.49. The first-order valence-electron chi connectivity index (χ1n) is 6.70. The molecule has 1 aliphatic heterocycles. The smallest absolute Gasteiger partial charge is 0.138 e. The standard InChI is InChI=1S/C15H17NO2/c17-15(7-8-16(10-15)12-5-6-12)14-9-11-3-1-2-4-13(11)18-14/h1-4,9,12,17H,5-8,10H2. The number of hydrogen-bond acceptors (Lipinski definition) is 3. The lowest BCUT2D eigenvalue weighted by Crippen LogP contribution is -2.31. The first-order valence-corrected chi connectivity index (χ1v) is 6.70. The zero-order chi connectivity index (χ0) is 12.2. The average molecular weight is 243 g/mol. The number of β-amino-alcohol motifs (C(OH)–C–C–N with tert-alkyl or cyclic N) is 1. The molecule has 18 heavy (non-hydrogen) atoms. The van der Waals surface area contributed by atoms with Crippen molar-refractivity contribution in [3.63, 3.8) is 0 Å². The maximum absolute atomic E-state index is 10.8. The third-order valence-electron chi connectivity index (χ3n) is 4.22. The van der Waals surface area contributed by atoms with E-state index >= 15 is 0 Å². The first-order chi connectivity index (χ1) is 8.74. The van der Waals surface area contributed by atoms with Gasteiger partial charge in [-0.05, 0) is 31.4 Å². The van der Waals surface area contributed by atoms with Crippen molar-refractivity contribution in [1.29, 1.82) is 0 Å². The highest BCUT2D eigenvalue weighted by atomic mass is 16.4. The molecule has 1 aliphatic carbocycles. The minimum absolute atomic E-state index is 0.711. The van der Waals surface area contributed by atoms with E-state index in [2.05, 4.69) is 4.90 Å². The molecule has 0 radical (unpaired) electrons. The molecule has 2 aromatic rings. The van der Waals surface area contributed by atoms with Crippen LogP contribution in [0.4, 0.5) is 0 Å². The monoisotopic (exact) mass is 243 g/mol. The number of aliphatic hydroxyl groups is 1. The molecular weight excluding hydrogens is 226 g/mol. The summed E-state index contributed by atoms with van der Waals surface area (Å²) in [4.78, 5) is 2.40. The summed E-state index contributed by atoms with van der Waals surface area (Å²) in [5, 5.41) is 11.9. The largest absolute Gasteiger partial charge is 0.458 e. The molecule has 3 heteroatoms. The Labute approximate surface area is 106 Å². The quantitative estimate of drug-likeness (QED) is 0.880. The normalized spacial score (nSPS) is 29.2. The maximum atomic E-state index is 10.8. The highest BCUT2D eigenvalue weighted by Crippen LogP contribution is 2.39. The molecule has 1 atom stereocenters. The van der Waals surface area contributed by atoms with Crippen LogP contribution in [0.5, 0.6) is 0 Å². The lowest BCUT2D eigenvalue weighted by molar-refractivity contribution is 0.0250. The third-order valence-corrected chi connectivity index (χ3v) is 4.22. The summed E-state index contributed by atoms with van der Waals surface area (Å²) in [6.45, 7) is 1.70. The summed E-state index contributed by atoms with van der Waals surface area (Å²) < 4.78 is 5.83. The number of nitrogens with zero attached hydrogens (tertiary/aromatic N) is 1. The fourth-order valence-electron chi connectivity index (χ4n) is 2.99. The van der Waals surface area contributed by atoms with Crippen molar-refractivity contribution in [3.05, 3.63) is 36.1 Å². The third kappa shape index (κ3) is 1.58. The average Bonchev–Trinajstić information content (AvgIpc) is 3.00. The highest BCUT2D eigenvalue weighted by molar-refractivity contribution is 5.77. The summed E-state index contributed by atoms with van der Waals surface area (Å²) in [5.74, 6) is 0.729. The Bertz CT molecular complexity index is 554. The van der Waals surface area contributed by atoms with E-state index in [4.69, 9.17) is 4.42 Å². The van der Waals surface area contributed by atoms with Crippen LogP contribution in [0.2, 0.25) is 0 Å². The zero-order valence-electron chi connectivity index (χ0n) is 10.3. The predicted molar refractivity (Wildman–Crippen MR) is 69.3 cm³/mol. The van der Waals surface area contributed by atoms with Crippen molar-refractivity contribution >= 4 is 11.0 Å². The summed E-state index contributed by atoms with van der Waals surface area (Å²) in [7, 11) is 0. The molecule has 1 aromatic carbocycles. The lowest BCUT2D eigenvalue weighted by atomic mass is 10.00. The maximum Gasteiger partial charge on any atom is 0.138 e. The topological polar surface area (TPSA) is 36.6 Å². The van der Waals surface area contributed by atoms with Gasteiger partial charge in [0.1, 0.15) is 16.9 Å². The molecule has 2 heterocycles. The molecule has 1 aromatic heterocycles. The number of rotatable bonds is 2. The minimum atomic E-state index is -0.790. The van der Waals surface area contributed by atoms with Crippen LogP contribution in [0, 0.1) is 0 Å². The van der Waals surface area contributed by atoms with Crippen molar-refractivity contribution in [2.24, 2.45) is 0 Å². The number of hydrogen-bond donors (Lipinski definition) is 1. The second-order valence-corrected chi connectivity index (χ2v) is 5.63. The van der Waals surface area contributed by atoms with Gasteiger partial charge < -0.3 is 9.52 Å². The van der Waals surface area contributed by atoms with Gasteiger partial charge in [-0.15, -0.1) is 0 Å². The SMILES string of the molecule is OC1(c2cc3ccccc3o2)CCN(C2CC2)C1. The molecule has 0 amide bonds. The van der Waals surface area contributed by atoms with Gasteiger partial charge in [-0.1, -0.05) is 18.2 Å². The Morgan fingerprint density at radius 2 is 2.11 bits per heavy atom. The van der Waals surface area contributed by atoms with E-state index < -0.39 is 5.60 Å². The highest BCUT2D eigenvalue weighted by Gasteiger charge is 2.44. The van der Waals surface area contributed by atoms with Gasteiger partial charge in [-0.25, -0.2) is 0 Å². The molecule has 1 saturated heterocycles. The van der Waals surface area contributed by atoms with Crippen LogP contribution in [0.3, 0.4) is 0 Å². The van der Waals surface area contributed by atoms with Crippen molar-refractivity contribution < 1.29 is 9.52 Å². The Hall–Kier alpha value is -1.32. The Kier molecular flexibility index (Phi) is 2.11. The van der Waals surface area contributed by atoms with Gasteiger partial charge in [0.05, 0.1) is 0 Å². The van der Waals surface area contributed by atoms with Crippen molar-refractivity contribution in [3.8, 4) is 0 Å².